The number of nitrogens with zero attached hydrogens (tertiary/aromatic N) is 1. The van der Waals surface area contributed by atoms with Gasteiger partial charge in [-0.05, 0) is 40.5 Å². The average molecular weight is 291 g/mol. The van der Waals surface area contributed by atoms with Crippen molar-refractivity contribution in [2.24, 2.45) is 0 Å². The molecule has 1 aliphatic rings. The van der Waals surface area contributed by atoms with E-state index >= 15 is 0 Å². The van der Waals surface area contributed by atoms with E-state index in [1.807, 2.05) is 0 Å². The summed E-state index contributed by atoms with van der Waals surface area (Å²) in [6.45, 7) is 7.06. The Labute approximate surface area is 145 Å². The molecule has 0 amide bonds. The molecule has 6 nitrogen and oxygen atoms in total. The molecule has 1 fully saturated rings. The first-order valence-corrected chi connectivity index (χ1v) is 6.41. The van der Waals surface area contributed by atoms with Crippen molar-refractivity contribution in [1.29, 1.82) is 0 Å². The summed E-state index contributed by atoms with van der Waals surface area (Å²) in [5.41, 5.74) is -1.26. The molecule has 1 rings (SSSR count). The zero-order chi connectivity index (χ0) is 12.8. The van der Waals surface area contributed by atoms with E-state index in [1.54, 1.807) is 27.7 Å². The summed E-state index contributed by atoms with van der Waals surface area (Å²) in [6.07, 6.45) is -0.112. The fourth-order valence-corrected chi connectivity index (χ4v) is 2.88. The van der Waals surface area contributed by atoms with Gasteiger partial charge in [0.25, 0.3) is 0 Å². The number of piperidine rings is 1. The predicted molar refractivity (Wildman–Crippen MR) is 55.6 cm³/mol. The van der Waals surface area contributed by atoms with Crippen molar-refractivity contribution < 1.29 is 73.7 Å². The third kappa shape index (κ3) is 5.13. The van der Waals surface area contributed by atoms with E-state index in [4.69, 9.17) is 0 Å². The molecule has 1 saturated heterocycles. The maximum Gasteiger partial charge on any atom is 1.00 e. The predicted octanol–water partition coefficient (Wildman–Crippen LogP) is -2.12. The molecule has 96 valence electrons. The largest absolute Gasteiger partial charge is 1.00 e. The van der Waals surface area contributed by atoms with E-state index in [-0.39, 0.29) is 64.2 Å². The smallest absolute Gasteiger partial charge is 0.726 e. The topological polar surface area (TPSA) is 89.9 Å². The Balaban J connectivity index is 0.00000256. The van der Waals surface area contributed by atoms with Gasteiger partial charge in [0.1, 0.15) is 0 Å². The molecule has 0 radical (unpaired) electrons. The maximum atomic E-state index is 10.5. The van der Waals surface area contributed by atoms with Gasteiger partial charge in [-0.25, -0.2) is 8.42 Å². The summed E-state index contributed by atoms with van der Waals surface area (Å²) in [6, 6.07) is 0. The minimum atomic E-state index is -4.69. The van der Waals surface area contributed by atoms with Crippen LogP contribution in [0, 0.1) is 0 Å². The fraction of sp³-hybridized carbons (Fsp3) is 1.00. The van der Waals surface area contributed by atoms with Crippen LogP contribution in [0.2, 0.25) is 0 Å². The van der Waals surface area contributed by atoms with Gasteiger partial charge in [0.15, 0.2) is 0 Å². The van der Waals surface area contributed by atoms with Crippen molar-refractivity contribution in [1.82, 2.24) is 5.06 Å². The molecule has 0 aromatic heterocycles. The Hall–Kier alpha value is 1.43. The van der Waals surface area contributed by atoms with Crippen molar-refractivity contribution in [3.05, 3.63) is 0 Å². The second-order valence-electron chi connectivity index (χ2n) is 5.47. The Morgan fingerprint density at radius 1 is 1.24 bits per heavy atom. The van der Waals surface area contributed by atoms with E-state index in [2.05, 4.69) is 4.18 Å². The molecule has 0 aromatic carbocycles. The summed E-state index contributed by atoms with van der Waals surface area (Å²) < 4.78 is 36.1. The summed E-state index contributed by atoms with van der Waals surface area (Å²) in [7, 11) is -4.69. The van der Waals surface area contributed by atoms with Gasteiger partial charge in [-0.15, -0.1) is 0 Å². The Morgan fingerprint density at radius 2 is 1.59 bits per heavy atom. The van der Waals surface area contributed by atoms with Crippen molar-refractivity contribution in [2.45, 2.75) is 57.7 Å². The van der Waals surface area contributed by atoms with E-state index in [9.17, 15) is 18.2 Å². The summed E-state index contributed by atoms with van der Waals surface area (Å²) in [4.78, 5) is 0. The first-order valence-electron chi connectivity index (χ1n) is 5.07. The van der Waals surface area contributed by atoms with Gasteiger partial charge >= 0.3 is 51.4 Å². The van der Waals surface area contributed by atoms with Crippen molar-refractivity contribution in [3.8, 4) is 0 Å². The van der Waals surface area contributed by atoms with Gasteiger partial charge in [-0.1, -0.05) is 0 Å². The van der Waals surface area contributed by atoms with Crippen LogP contribution in [0.3, 0.4) is 0 Å². The second-order valence-corrected chi connectivity index (χ2v) is 6.48. The van der Waals surface area contributed by atoms with Crippen molar-refractivity contribution in [2.75, 3.05) is 0 Å². The molecule has 0 bridgehead atoms. The minimum absolute atomic E-state index is 0. The second kappa shape index (κ2) is 5.82. The summed E-state index contributed by atoms with van der Waals surface area (Å²) in [5.74, 6) is 0. The molecule has 1 heterocycles. The molecule has 0 aliphatic carbocycles. The van der Waals surface area contributed by atoms with Crippen LogP contribution >= 0.6 is 0 Å². The normalized spacial score (nSPS) is 25.3. The van der Waals surface area contributed by atoms with Crippen LogP contribution in [0.15, 0.2) is 0 Å². The van der Waals surface area contributed by atoms with E-state index in [0.717, 1.165) is 0 Å². The molecule has 1 aliphatic heterocycles. The molecular formula is C9H18KNO5S. The van der Waals surface area contributed by atoms with E-state index in [0.29, 0.717) is 0 Å². The molecule has 0 spiro atoms. The minimum Gasteiger partial charge on any atom is -0.726 e. The monoisotopic (exact) mass is 291 g/mol. The third-order valence-electron chi connectivity index (χ3n) is 2.86. The number of rotatable bonds is 2. The number of hydrogen-bond acceptors (Lipinski definition) is 6. The van der Waals surface area contributed by atoms with Crippen LogP contribution in [0.5, 0.6) is 0 Å². The molecule has 0 atom stereocenters. The molecule has 17 heavy (non-hydrogen) atoms. The van der Waals surface area contributed by atoms with E-state index < -0.39 is 27.6 Å². The van der Waals surface area contributed by atoms with Crippen LogP contribution < -0.4 is 51.4 Å². The quantitative estimate of drug-likeness (QED) is 0.355. The fourth-order valence-electron chi connectivity index (χ4n) is 2.41. The van der Waals surface area contributed by atoms with Gasteiger partial charge < -0.3 is 9.76 Å². The first-order chi connectivity index (χ1) is 6.94. The van der Waals surface area contributed by atoms with Crippen LogP contribution in [0.25, 0.3) is 0 Å². The standard InChI is InChI=1S/C9H19NO5S.K/c1-8(2)5-7(15-16(12,13)14)6-9(3,4)10(8)11;/h7,11H,5-6H2,1-4H3,(H,12,13,14);/q;+1/p-1. The summed E-state index contributed by atoms with van der Waals surface area (Å²) >= 11 is 0. The van der Waals surface area contributed by atoms with Crippen LogP contribution in [-0.2, 0) is 14.6 Å². The summed E-state index contributed by atoms with van der Waals surface area (Å²) in [5, 5.41) is 11.1. The Kier molecular flexibility index (Phi) is 6.31. The van der Waals surface area contributed by atoms with Crippen LogP contribution in [-0.4, -0.2) is 40.4 Å². The zero-order valence-electron chi connectivity index (χ0n) is 10.9. The van der Waals surface area contributed by atoms with Crippen molar-refractivity contribution >= 4 is 10.4 Å². The molecule has 0 aromatic rings. The van der Waals surface area contributed by atoms with Crippen LogP contribution in [0.1, 0.15) is 40.5 Å². The molecule has 8 heteroatoms. The molecule has 0 unspecified atom stereocenters. The average Bonchev–Trinajstić information content (AvgIpc) is 1.95. The van der Waals surface area contributed by atoms with Gasteiger partial charge in [-0.3, -0.25) is 4.18 Å². The Bertz CT molecular complexity index is 350. The number of hydroxylamine groups is 2. The van der Waals surface area contributed by atoms with Gasteiger partial charge in [0, 0.05) is 11.1 Å². The first kappa shape index (κ1) is 18.4. The molecular weight excluding hydrogens is 273 g/mol. The van der Waals surface area contributed by atoms with Gasteiger partial charge in [0.05, 0.1) is 6.10 Å². The molecule has 0 saturated carbocycles. The van der Waals surface area contributed by atoms with Crippen LogP contribution in [0.4, 0.5) is 0 Å². The molecule has 1 N–H and O–H groups in total. The number of hydrogen-bond donors (Lipinski definition) is 1. The van der Waals surface area contributed by atoms with E-state index in [1.165, 1.54) is 5.06 Å². The zero-order valence-corrected chi connectivity index (χ0v) is 14.9. The third-order valence-corrected chi connectivity index (χ3v) is 3.36. The SMILES string of the molecule is CC1(C)CC(OS(=O)(=O)[O-])CC(C)(C)N1O.[K+]. The maximum absolute atomic E-state index is 10.5. The van der Waals surface area contributed by atoms with Gasteiger partial charge in [-0.2, -0.15) is 5.06 Å². The van der Waals surface area contributed by atoms with Crippen molar-refractivity contribution in [3.63, 3.8) is 0 Å². The van der Waals surface area contributed by atoms with Gasteiger partial charge in [0.2, 0.25) is 10.4 Å². The Morgan fingerprint density at radius 3 is 1.88 bits per heavy atom.